The van der Waals surface area contributed by atoms with Crippen LogP contribution in [0.15, 0.2) is 41.2 Å². The molecule has 31 heavy (non-hydrogen) atoms. The van der Waals surface area contributed by atoms with Gasteiger partial charge >= 0.3 is 5.69 Å². The second-order valence-corrected chi connectivity index (χ2v) is 9.17. The lowest BCUT2D eigenvalue weighted by Gasteiger charge is -2.20. The van der Waals surface area contributed by atoms with Crippen LogP contribution in [0.2, 0.25) is 0 Å². The van der Waals surface area contributed by atoms with E-state index in [0.717, 1.165) is 16.9 Å². The molecule has 0 spiro atoms. The quantitative estimate of drug-likeness (QED) is 0.526. The van der Waals surface area contributed by atoms with Gasteiger partial charge in [0.1, 0.15) is 22.2 Å². The fourth-order valence-electron chi connectivity index (χ4n) is 3.55. The summed E-state index contributed by atoms with van der Waals surface area (Å²) in [6, 6.07) is 9.62. The second-order valence-electron chi connectivity index (χ2n) is 6.98. The molecule has 164 valence electrons. The van der Waals surface area contributed by atoms with Crippen LogP contribution in [0.3, 0.4) is 0 Å². The number of nitrogens with zero attached hydrogens (tertiary/aromatic N) is 3. The Balaban J connectivity index is 2.32. The van der Waals surface area contributed by atoms with Crippen molar-refractivity contribution >= 4 is 20.9 Å². The molecule has 0 aliphatic rings. The zero-order valence-corrected chi connectivity index (χ0v) is 18.1. The number of sulfone groups is 1. The predicted molar refractivity (Wildman–Crippen MR) is 114 cm³/mol. The fraction of sp³-hybridized carbons (Fsp3) is 0.333. The minimum Gasteiger partial charge on any atom is -0.493 e. The number of aromatic nitrogens is 2. The lowest BCUT2D eigenvalue weighted by Crippen LogP contribution is -2.31. The highest BCUT2D eigenvalue weighted by Crippen LogP contribution is 2.33. The van der Waals surface area contributed by atoms with Gasteiger partial charge in [0, 0.05) is 6.26 Å². The van der Waals surface area contributed by atoms with Gasteiger partial charge in [-0.3, -0.25) is 9.13 Å². The van der Waals surface area contributed by atoms with Crippen LogP contribution in [0.1, 0.15) is 18.5 Å². The van der Waals surface area contributed by atoms with E-state index in [4.69, 9.17) is 14.7 Å². The van der Waals surface area contributed by atoms with E-state index < -0.39 is 27.4 Å². The number of nitriles is 1. The molecule has 0 aliphatic heterocycles. The molecule has 0 saturated heterocycles. The summed E-state index contributed by atoms with van der Waals surface area (Å²) >= 11 is 0. The van der Waals surface area contributed by atoms with E-state index in [2.05, 4.69) is 0 Å². The van der Waals surface area contributed by atoms with Crippen LogP contribution in [-0.4, -0.2) is 43.3 Å². The zero-order chi connectivity index (χ0) is 22.8. The SMILES string of the molecule is CCOc1cc([C@H](CS(C)(=O)=O)n2c(=O)n(CC#N)c3cc(F)ccc32)ccc1OC. The Morgan fingerprint density at radius 1 is 1.16 bits per heavy atom. The number of ether oxygens (including phenoxy) is 2. The molecular formula is C21H22FN3O5S. The minimum atomic E-state index is -3.54. The molecule has 1 heterocycles. The Morgan fingerprint density at radius 2 is 1.90 bits per heavy atom. The number of rotatable bonds is 8. The molecule has 0 radical (unpaired) electrons. The number of hydrogen-bond acceptors (Lipinski definition) is 6. The number of imidazole rings is 1. The van der Waals surface area contributed by atoms with Gasteiger partial charge in [0.15, 0.2) is 11.5 Å². The van der Waals surface area contributed by atoms with E-state index in [1.54, 1.807) is 25.1 Å². The van der Waals surface area contributed by atoms with Crippen LogP contribution in [0.4, 0.5) is 4.39 Å². The van der Waals surface area contributed by atoms with E-state index in [0.29, 0.717) is 29.2 Å². The highest BCUT2D eigenvalue weighted by molar-refractivity contribution is 7.90. The fourth-order valence-corrected chi connectivity index (χ4v) is 4.47. The summed E-state index contributed by atoms with van der Waals surface area (Å²) in [5, 5.41) is 9.14. The first-order valence-electron chi connectivity index (χ1n) is 9.45. The van der Waals surface area contributed by atoms with Crippen molar-refractivity contribution in [2.24, 2.45) is 0 Å². The first kappa shape index (κ1) is 22.4. The molecule has 0 fully saturated rings. The molecule has 0 saturated carbocycles. The molecule has 0 bridgehead atoms. The van der Waals surface area contributed by atoms with Crippen molar-refractivity contribution in [3.63, 3.8) is 0 Å². The Kier molecular flexibility index (Phi) is 6.36. The maximum absolute atomic E-state index is 13.9. The third-order valence-corrected chi connectivity index (χ3v) is 5.72. The molecule has 10 heteroatoms. The third kappa shape index (κ3) is 4.56. The number of methoxy groups -OCH3 is 1. The number of fused-ring (bicyclic) bond motifs is 1. The highest BCUT2D eigenvalue weighted by Gasteiger charge is 2.26. The van der Waals surface area contributed by atoms with Crippen LogP contribution in [0.25, 0.3) is 11.0 Å². The minimum absolute atomic E-state index is 0.212. The summed E-state index contributed by atoms with van der Waals surface area (Å²) in [6.07, 6.45) is 1.08. The van der Waals surface area contributed by atoms with Gasteiger partial charge in [0.25, 0.3) is 0 Å². The van der Waals surface area contributed by atoms with Crippen molar-refractivity contribution in [1.29, 1.82) is 5.26 Å². The molecule has 1 atom stereocenters. The zero-order valence-electron chi connectivity index (χ0n) is 17.3. The largest absolute Gasteiger partial charge is 0.493 e. The third-order valence-electron chi connectivity index (χ3n) is 4.80. The van der Waals surface area contributed by atoms with Crippen molar-refractivity contribution < 1.29 is 22.3 Å². The second kappa shape index (κ2) is 8.81. The predicted octanol–water partition coefficient (Wildman–Crippen LogP) is 2.51. The number of benzene rings is 2. The van der Waals surface area contributed by atoms with Gasteiger partial charge in [-0.05, 0) is 42.8 Å². The maximum Gasteiger partial charge on any atom is 0.330 e. The van der Waals surface area contributed by atoms with Crippen LogP contribution < -0.4 is 15.2 Å². The summed E-state index contributed by atoms with van der Waals surface area (Å²) in [6.45, 7) is 1.86. The lowest BCUT2D eigenvalue weighted by atomic mass is 10.1. The molecule has 2 aromatic carbocycles. The molecule has 0 amide bonds. The first-order chi connectivity index (χ1) is 14.7. The summed E-state index contributed by atoms with van der Waals surface area (Å²) in [5.41, 5.74) is 0.425. The van der Waals surface area contributed by atoms with E-state index in [9.17, 15) is 17.6 Å². The molecule has 0 unspecified atom stereocenters. The van der Waals surface area contributed by atoms with E-state index >= 15 is 0 Å². The van der Waals surface area contributed by atoms with Crippen LogP contribution in [0, 0.1) is 17.1 Å². The molecule has 0 aliphatic carbocycles. The molecular weight excluding hydrogens is 425 g/mol. The van der Waals surface area contributed by atoms with Crippen molar-refractivity contribution in [1.82, 2.24) is 9.13 Å². The Hall–Kier alpha value is -3.32. The Labute approximate surface area is 179 Å². The van der Waals surface area contributed by atoms with Crippen molar-refractivity contribution in [2.75, 3.05) is 25.7 Å². The molecule has 0 N–H and O–H groups in total. The van der Waals surface area contributed by atoms with Crippen molar-refractivity contribution in [2.45, 2.75) is 19.5 Å². The van der Waals surface area contributed by atoms with Gasteiger partial charge in [0.2, 0.25) is 0 Å². The summed E-state index contributed by atoms with van der Waals surface area (Å²) < 4.78 is 51.7. The molecule has 1 aromatic heterocycles. The van der Waals surface area contributed by atoms with Crippen molar-refractivity contribution in [3.8, 4) is 17.6 Å². The smallest absolute Gasteiger partial charge is 0.330 e. The van der Waals surface area contributed by atoms with Gasteiger partial charge in [-0.25, -0.2) is 17.6 Å². The van der Waals surface area contributed by atoms with Crippen LogP contribution >= 0.6 is 0 Å². The highest BCUT2D eigenvalue weighted by atomic mass is 32.2. The van der Waals surface area contributed by atoms with Gasteiger partial charge in [-0.1, -0.05) is 6.07 Å². The van der Waals surface area contributed by atoms with E-state index in [1.165, 1.54) is 23.8 Å². The maximum atomic E-state index is 13.9. The van der Waals surface area contributed by atoms with Crippen LogP contribution in [0.5, 0.6) is 11.5 Å². The average Bonchev–Trinajstić information content (AvgIpc) is 2.97. The van der Waals surface area contributed by atoms with Crippen molar-refractivity contribution in [3.05, 3.63) is 58.3 Å². The number of halogens is 1. The topological polar surface area (TPSA) is 103 Å². The van der Waals surface area contributed by atoms with Gasteiger partial charge < -0.3 is 9.47 Å². The van der Waals surface area contributed by atoms with Gasteiger partial charge in [-0.2, -0.15) is 5.26 Å². The average molecular weight is 447 g/mol. The monoisotopic (exact) mass is 447 g/mol. The van der Waals surface area contributed by atoms with Gasteiger partial charge in [-0.15, -0.1) is 0 Å². The summed E-state index contributed by atoms with van der Waals surface area (Å²) in [7, 11) is -2.05. The standard InChI is InChI=1S/C21H22FN3O5S/c1-4-30-20-11-14(5-8-19(20)29-2)18(13-31(3,27)28)25-16-7-6-15(22)12-17(16)24(10-9-23)21(25)26/h5-8,11-12,18H,4,10,13H2,1-3H3/t18-/m0/s1. The lowest BCUT2D eigenvalue weighted by molar-refractivity contribution is 0.310. The summed E-state index contributed by atoms with van der Waals surface area (Å²) in [5.74, 6) is -0.0848. The van der Waals surface area contributed by atoms with E-state index in [-0.39, 0.29) is 17.8 Å². The van der Waals surface area contributed by atoms with E-state index in [1.807, 2.05) is 6.07 Å². The molecule has 8 nitrogen and oxygen atoms in total. The first-order valence-corrected chi connectivity index (χ1v) is 11.5. The molecule has 3 rings (SSSR count). The molecule has 3 aromatic rings. The summed E-state index contributed by atoms with van der Waals surface area (Å²) in [4.78, 5) is 13.2. The number of hydrogen-bond donors (Lipinski definition) is 0. The van der Waals surface area contributed by atoms with Gasteiger partial charge in [0.05, 0.1) is 42.6 Å². The van der Waals surface area contributed by atoms with Crippen LogP contribution in [-0.2, 0) is 16.4 Å². The normalized spacial score (nSPS) is 12.5. The Morgan fingerprint density at radius 3 is 2.52 bits per heavy atom. The Bertz CT molecular complexity index is 1320.